The molecule has 3 aliphatic heterocycles. The highest BCUT2D eigenvalue weighted by Crippen LogP contribution is 2.50. The monoisotopic (exact) mass is 483 g/mol. The van der Waals surface area contributed by atoms with Crippen molar-refractivity contribution in [2.24, 2.45) is 5.41 Å². The smallest absolute Gasteiger partial charge is 0.242 e. The van der Waals surface area contributed by atoms with Crippen molar-refractivity contribution in [3.63, 3.8) is 0 Å². The summed E-state index contributed by atoms with van der Waals surface area (Å²) in [6, 6.07) is 0.846. The first-order chi connectivity index (χ1) is 16.7. The molecule has 1 aromatic carbocycles. The zero-order chi connectivity index (χ0) is 24.6. The van der Waals surface area contributed by atoms with E-state index in [9.17, 15) is 19.5 Å². The molecule has 6 rings (SSSR count). The Balaban J connectivity index is 1.59. The van der Waals surface area contributed by atoms with Crippen molar-refractivity contribution >= 4 is 34.3 Å². The number of morpholine rings is 1. The minimum absolute atomic E-state index is 0.0871. The minimum atomic E-state index is -1.62. The molecule has 5 heterocycles. The number of aliphatic hydroxyl groups is 1. The second-order valence-electron chi connectivity index (χ2n) is 9.41. The van der Waals surface area contributed by atoms with Gasteiger partial charge in [-0.3, -0.25) is 19.7 Å². The molecule has 12 heteroatoms. The van der Waals surface area contributed by atoms with Crippen LogP contribution < -0.4 is 10.2 Å². The number of Topliss-reactive ketones (excluding diaryl/α,β-unsaturated/α-hetero) is 1. The van der Waals surface area contributed by atoms with Gasteiger partial charge in [-0.25, -0.2) is 9.07 Å². The van der Waals surface area contributed by atoms with Gasteiger partial charge >= 0.3 is 0 Å². The molecule has 0 aliphatic carbocycles. The third-order valence-corrected chi connectivity index (χ3v) is 7.19. The molecule has 2 amide bonds. The standard InChI is InChI=1S/C23H22FN5O6/c1-10-7-28-18-13(5-23(20(28)11(2)34-10)15(31)4-16(32)26-22(23)33)3-14-19(17(18)24)35-27-21(14)29-8-12(9-30)6-25-29/h3,6,8,10-11,20,30H,4-5,7,9H2,1-2H3,(H,26,32,33)/t10-,11+,20-,23?/m1/s1. The molecule has 1 spiro atoms. The lowest BCUT2D eigenvalue weighted by Gasteiger charge is -2.55. The Hall–Kier alpha value is -3.64. The fourth-order valence-electron chi connectivity index (χ4n) is 5.86. The van der Waals surface area contributed by atoms with Gasteiger partial charge in [-0.2, -0.15) is 5.10 Å². The van der Waals surface area contributed by atoms with Crippen LogP contribution in [0.5, 0.6) is 0 Å². The van der Waals surface area contributed by atoms with E-state index in [0.29, 0.717) is 16.5 Å². The first-order valence-electron chi connectivity index (χ1n) is 11.3. The van der Waals surface area contributed by atoms with E-state index in [2.05, 4.69) is 15.6 Å². The number of amides is 2. The molecule has 0 bridgehead atoms. The quantitative estimate of drug-likeness (QED) is 0.400. The van der Waals surface area contributed by atoms with Crippen molar-refractivity contribution < 1.29 is 33.1 Å². The number of hydrogen-bond acceptors (Lipinski definition) is 9. The summed E-state index contributed by atoms with van der Waals surface area (Å²) in [6.45, 7) is 3.59. The third kappa shape index (κ3) is 2.93. The highest BCUT2D eigenvalue weighted by molar-refractivity contribution is 6.22. The van der Waals surface area contributed by atoms with E-state index in [1.807, 2.05) is 6.92 Å². The van der Waals surface area contributed by atoms with E-state index in [4.69, 9.17) is 9.26 Å². The van der Waals surface area contributed by atoms with Gasteiger partial charge in [0.1, 0.15) is 5.41 Å². The molecular weight excluding hydrogens is 461 g/mol. The molecule has 3 aromatic rings. The van der Waals surface area contributed by atoms with Gasteiger partial charge in [-0.1, -0.05) is 5.16 Å². The van der Waals surface area contributed by atoms with Crippen molar-refractivity contribution in [3.05, 3.63) is 35.4 Å². The molecule has 0 radical (unpaired) electrons. The number of nitrogens with zero attached hydrogens (tertiary/aromatic N) is 4. The van der Waals surface area contributed by atoms with Gasteiger partial charge in [-0.15, -0.1) is 0 Å². The minimum Gasteiger partial charge on any atom is -0.392 e. The van der Waals surface area contributed by atoms with E-state index in [1.54, 1.807) is 24.1 Å². The summed E-state index contributed by atoms with van der Waals surface area (Å²) >= 11 is 0. The fourth-order valence-corrected chi connectivity index (χ4v) is 5.86. The van der Waals surface area contributed by atoms with Gasteiger partial charge in [-0.05, 0) is 31.9 Å². The Morgan fingerprint density at radius 2 is 2.11 bits per heavy atom. The maximum absolute atomic E-state index is 16.1. The topological polar surface area (TPSA) is 140 Å². The number of ether oxygens (including phenoxy) is 1. The molecule has 1 unspecified atom stereocenters. The Morgan fingerprint density at radius 1 is 1.31 bits per heavy atom. The summed E-state index contributed by atoms with van der Waals surface area (Å²) in [5, 5.41) is 20.1. The maximum Gasteiger partial charge on any atom is 0.242 e. The molecule has 182 valence electrons. The summed E-state index contributed by atoms with van der Waals surface area (Å²) in [7, 11) is 0. The molecule has 4 atom stereocenters. The van der Waals surface area contributed by atoms with E-state index in [1.165, 1.54) is 10.9 Å². The summed E-state index contributed by atoms with van der Waals surface area (Å²) in [6.07, 6.45) is 1.57. The lowest BCUT2D eigenvalue weighted by Crippen LogP contribution is -2.72. The predicted octanol–water partition coefficient (Wildman–Crippen LogP) is 0.785. The Kier molecular flexibility index (Phi) is 4.64. The number of aromatic nitrogens is 3. The van der Waals surface area contributed by atoms with Crippen LogP contribution in [0.15, 0.2) is 23.0 Å². The SMILES string of the molecule is C[C@@H]1CN2c3c(cc4c(-n5cc(CO)cn5)noc4c3F)CC3(C(=O)CC(=O)NC3=O)[C@H]2[C@H](C)O1. The number of anilines is 1. The summed E-state index contributed by atoms with van der Waals surface area (Å²) < 4.78 is 28.8. The maximum atomic E-state index is 16.1. The first-order valence-corrected chi connectivity index (χ1v) is 11.3. The van der Waals surface area contributed by atoms with E-state index in [-0.39, 0.29) is 42.8 Å². The molecule has 2 N–H and O–H groups in total. The van der Waals surface area contributed by atoms with Gasteiger partial charge in [0, 0.05) is 18.3 Å². The third-order valence-electron chi connectivity index (χ3n) is 7.19. The Morgan fingerprint density at radius 3 is 2.83 bits per heavy atom. The number of halogens is 1. The van der Waals surface area contributed by atoms with Crippen molar-refractivity contribution in [1.29, 1.82) is 0 Å². The Labute approximate surface area is 197 Å². The Bertz CT molecular complexity index is 1390. The number of carbonyl (C=O) groups excluding carboxylic acids is 3. The average molecular weight is 483 g/mol. The van der Waals surface area contributed by atoms with Gasteiger partial charge in [0.2, 0.25) is 23.2 Å². The van der Waals surface area contributed by atoms with Crippen LogP contribution >= 0.6 is 0 Å². The lowest BCUT2D eigenvalue weighted by atomic mass is 9.63. The predicted molar refractivity (Wildman–Crippen MR) is 117 cm³/mol. The number of fused-ring (bicyclic) bond motifs is 5. The molecule has 2 saturated heterocycles. The van der Waals surface area contributed by atoms with E-state index in [0.717, 1.165) is 0 Å². The zero-order valence-electron chi connectivity index (χ0n) is 18.9. The molecule has 2 fully saturated rings. The normalized spacial score (nSPS) is 28.4. The second-order valence-corrected chi connectivity index (χ2v) is 9.41. The van der Waals surface area contributed by atoms with Crippen LogP contribution in [0, 0.1) is 11.2 Å². The van der Waals surface area contributed by atoms with Crippen LogP contribution in [0.3, 0.4) is 0 Å². The average Bonchev–Trinajstić information content (AvgIpc) is 3.43. The number of imide groups is 1. The van der Waals surface area contributed by atoms with E-state index >= 15 is 4.39 Å². The zero-order valence-corrected chi connectivity index (χ0v) is 18.9. The fraction of sp³-hybridized carbons (Fsp3) is 0.435. The first kappa shape index (κ1) is 21.9. The number of carbonyl (C=O) groups is 3. The van der Waals surface area contributed by atoms with Crippen LogP contribution in [0.1, 0.15) is 31.4 Å². The van der Waals surface area contributed by atoms with Gasteiger partial charge in [0.15, 0.2) is 11.6 Å². The van der Waals surface area contributed by atoms with Crippen LogP contribution in [-0.4, -0.2) is 62.4 Å². The van der Waals surface area contributed by atoms with Crippen molar-refractivity contribution in [2.45, 2.75) is 51.5 Å². The summed E-state index contributed by atoms with van der Waals surface area (Å²) in [5.41, 5.74) is -0.521. The van der Waals surface area contributed by atoms with Crippen molar-refractivity contribution in [1.82, 2.24) is 20.3 Å². The molecular formula is C23H22FN5O6. The highest BCUT2D eigenvalue weighted by atomic mass is 19.1. The molecule has 3 aliphatic rings. The van der Waals surface area contributed by atoms with E-state index < -0.39 is 47.4 Å². The number of aliphatic hydroxyl groups excluding tert-OH is 1. The van der Waals surface area contributed by atoms with Gasteiger partial charge in [0.05, 0.1) is 48.5 Å². The van der Waals surface area contributed by atoms with Crippen LogP contribution in [-0.2, 0) is 32.1 Å². The largest absolute Gasteiger partial charge is 0.392 e. The van der Waals surface area contributed by atoms with Crippen molar-refractivity contribution in [2.75, 3.05) is 11.4 Å². The lowest BCUT2D eigenvalue weighted by molar-refractivity contribution is -0.158. The molecule has 35 heavy (non-hydrogen) atoms. The molecule has 0 saturated carbocycles. The van der Waals surface area contributed by atoms with Gasteiger partial charge in [0.25, 0.3) is 0 Å². The summed E-state index contributed by atoms with van der Waals surface area (Å²) in [5.74, 6) is -2.32. The number of nitrogens with one attached hydrogen (secondary N) is 1. The number of rotatable bonds is 2. The summed E-state index contributed by atoms with van der Waals surface area (Å²) in [4.78, 5) is 40.4. The van der Waals surface area contributed by atoms with Crippen molar-refractivity contribution in [3.8, 4) is 5.82 Å². The van der Waals surface area contributed by atoms with Crippen LogP contribution in [0.25, 0.3) is 16.8 Å². The number of hydrogen-bond donors (Lipinski definition) is 2. The second kappa shape index (κ2) is 7.43. The van der Waals surface area contributed by atoms with Gasteiger partial charge < -0.3 is 19.3 Å². The number of benzene rings is 1. The highest BCUT2D eigenvalue weighted by Gasteiger charge is 2.62. The van der Waals surface area contributed by atoms with Crippen LogP contribution in [0.4, 0.5) is 10.1 Å². The molecule has 11 nitrogen and oxygen atoms in total. The number of ketones is 1. The van der Waals surface area contributed by atoms with Crippen LogP contribution in [0.2, 0.25) is 0 Å². The molecule has 2 aromatic heterocycles. The number of piperidine rings is 1.